The zero-order chi connectivity index (χ0) is 17.6. The van der Waals surface area contributed by atoms with E-state index in [1.807, 2.05) is 54.6 Å². The quantitative estimate of drug-likeness (QED) is 0.598. The third-order valence-corrected chi connectivity index (χ3v) is 4.22. The molecule has 1 amide bonds. The number of nitrogens with zero attached hydrogens (tertiary/aromatic N) is 5. The minimum atomic E-state index is -0.137. The molecule has 0 saturated heterocycles. The first kappa shape index (κ1) is 17.0. The van der Waals surface area contributed by atoms with Crippen molar-refractivity contribution in [1.82, 2.24) is 20.2 Å². The number of para-hydroxylation sites is 1. The lowest BCUT2D eigenvalue weighted by atomic mass is 10.2. The fourth-order valence-electron chi connectivity index (χ4n) is 2.36. The van der Waals surface area contributed by atoms with Crippen LogP contribution in [0.15, 0.2) is 71.7 Å². The summed E-state index contributed by atoms with van der Waals surface area (Å²) in [5.74, 6) is 0.331. The maximum Gasteiger partial charge on any atom is 0.250 e. The Morgan fingerprint density at radius 1 is 1.16 bits per heavy atom. The van der Waals surface area contributed by atoms with Crippen LogP contribution >= 0.6 is 15.9 Å². The van der Waals surface area contributed by atoms with Gasteiger partial charge >= 0.3 is 0 Å². The maximum atomic E-state index is 12.7. The fraction of sp³-hybridized carbons (Fsp3) is 0.111. The van der Waals surface area contributed by atoms with Gasteiger partial charge in [0, 0.05) is 22.3 Å². The lowest BCUT2D eigenvalue weighted by Crippen LogP contribution is -2.34. The van der Waals surface area contributed by atoms with Crippen LogP contribution in [0.2, 0.25) is 0 Å². The van der Waals surface area contributed by atoms with Crippen molar-refractivity contribution >= 4 is 27.5 Å². The van der Waals surface area contributed by atoms with Crippen LogP contribution in [-0.4, -0.2) is 32.7 Å². The van der Waals surface area contributed by atoms with Gasteiger partial charge in [0.05, 0.1) is 0 Å². The Morgan fingerprint density at radius 3 is 2.60 bits per heavy atom. The van der Waals surface area contributed by atoms with E-state index in [0.717, 1.165) is 15.7 Å². The highest BCUT2D eigenvalue weighted by atomic mass is 79.9. The molecule has 0 spiro atoms. The van der Waals surface area contributed by atoms with Gasteiger partial charge < -0.3 is 4.90 Å². The fourth-order valence-corrected chi connectivity index (χ4v) is 2.82. The van der Waals surface area contributed by atoms with E-state index in [-0.39, 0.29) is 12.5 Å². The molecule has 0 N–H and O–H groups in total. The van der Waals surface area contributed by atoms with Gasteiger partial charge in [0.15, 0.2) is 0 Å². The van der Waals surface area contributed by atoms with E-state index in [9.17, 15) is 4.79 Å². The van der Waals surface area contributed by atoms with E-state index < -0.39 is 0 Å². The molecule has 0 bridgehead atoms. The number of hydrogen-bond donors (Lipinski definition) is 0. The number of benzene rings is 2. The Kier molecular flexibility index (Phi) is 5.35. The predicted molar refractivity (Wildman–Crippen MR) is 99.9 cm³/mol. The van der Waals surface area contributed by atoms with E-state index >= 15 is 0 Å². The summed E-state index contributed by atoms with van der Waals surface area (Å²) in [6.07, 6.45) is 1.69. The van der Waals surface area contributed by atoms with Gasteiger partial charge in [0.1, 0.15) is 6.54 Å². The van der Waals surface area contributed by atoms with Crippen molar-refractivity contribution in [3.63, 3.8) is 0 Å². The Bertz CT molecular complexity index is 878. The van der Waals surface area contributed by atoms with Crippen LogP contribution in [0.1, 0.15) is 0 Å². The highest BCUT2D eigenvalue weighted by molar-refractivity contribution is 9.10. The largest absolute Gasteiger partial charge is 0.307 e. The standard InChI is InChI=1S/C18H16BrN5O/c1-2-12-23(14-8-4-3-5-9-14)17(25)13-24-21-18(20-22-24)15-10-6-7-11-16(15)19/h2-11H,1,12-13H2. The minimum absolute atomic E-state index is 0.000185. The van der Waals surface area contributed by atoms with E-state index in [1.165, 1.54) is 4.80 Å². The molecule has 0 fully saturated rings. The molecule has 0 aliphatic rings. The van der Waals surface area contributed by atoms with Gasteiger partial charge in [-0.15, -0.1) is 16.8 Å². The molecule has 25 heavy (non-hydrogen) atoms. The van der Waals surface area contributed by atoms with Crippen LogP contribution in [0.25, 0.3) is 11.4 Å². The number of amides is 1. The van der Waals surface area contributed by atoms with E-state index in [1.54, 1.807) is 11.0 Å². The summed E-state index contributed by atoms with van der Waals surface area (Å²) in [7, 11) is 0. The van der Waals surface area contributed by atoms with Gasteiger partial charge in [-0.2, -0.15) is 4.80 Å². The molecule has 0 aliphatic carbocycles. The lowest BCUT2D eigenvalue weighted by Gasteiger charge is -2.20. The van der Waals surface area contributed by atoms with Crippen molar-refractivity contribution in [2.45, 2.75) is 6.54 Å². The van der Waals surface area contributed by atoms with Crippen LogP contribution in [0.4, 0.5) is 5.69 Å². The second kappa shape index (κ2) is 7.85. The zero-order valence-electron chi connectivity index (χ0n) is 13.4. The Labute approximate surface area is 153 Å². The monoisotopic (exact) mass is 397 g/mol. The van der Waals surface area contributed by atoms with Gasteiger partial charge in [-0.1, -0.05) is 52.3 Å². The molecule has 2 aromatic carbocycles. The topological polar surface area (TPSA) is 63.9 Å². The van der Waals surface area contributed by atoms with Gasteiger partial charge in [-0.05, 0) is 29.5 Å². The summed E-state index contributed by atoms with van der Waals surface area (Å²) in [5.41, 5.74) is 1.63. The Hall–Kier alpha value is -2.80. The third kappa shape index (κ3) is 4.00. The maximum absolute atomic E-state index is 12.7. The van der Waals surface area contributed by atoms with Crippen LogP contribution < -0.4 is 4.90 Å². The number of carbonyl (C=O) groups excluding carboxylic acids is 1. The molecule has 0 atom stereocenters. The first-order chi connectivity index (χ1) is 12.2. The molecular weight excluding hydrogens is 382 g/mol. The number of halogens is 1. The molecule has 0 unspecified atom stereocenters. The van der Waals surface area contributed by atoms with Gasteiger partial charge in [0.25, 0.3) is 5.91 Å². The number of aromatic nitrogens is 4. The molecule has 6 nitrogen and oxygen atoms in total. The molecular formula is C18H16BrN5O. The third-order valence-electron chi connectivity index (χ3n) is 3.52. The lowest BCUT2D eigenvalue weighted by molar-refractivity contribution is -0.119. The summed E-state index contributed by atoms with van der Waals surface area (Å²) in [5, 5.41) is 12.3. The average Bonchev–Trinajstić information content (AvgIpc) is 3.09. The number of hydrogen-bond acceptors (Lipinski definition) is 4. The van der Waals surface area contributed by atoms with Crippen molar-refractivity contribution in [2.24, 2.45) is 0 Å². The summed E-state index contributed by atoms with van der Waals surface area (Å²) in [6.45, 7) is 4.13. The van der Waals surface area contributed by atoms with Crippen LogP contribution in [0.3, 0.4) is 0 Å². The van der Waals surface area contributed by atoms with Gasteiger partial charge in [-0.25, -0.2) is 0 Å². The second-order valence-corrected chi connectivity index (χ2v) is 6.11. The number of rotatable bonds is 6. The molecule has 7 heteroatoms. The molecule has 126 valence electrons. The summed E-state index contributed by atoms with van der Waals surface area (Å²) in [4.78, 5) is 15.6. The van der Waals surface area contributed by atoms with Crippen LogP contribution in [0.5, 0.6) is 0 Å². The van der Waals surface area contributed by atoms with Gasteiger partial charge in [0.2, 0.25) is 5.82 Å². The Morgan fingerprint density at radius 2 is 1.88 bits per heavy atom. The molecule has 0 saturated carbocycles. The minimum Gasteiger partial charge on any atom is -0.307 e. The first-order valence-electron chi connectivity index (χ1n) is 7.68. The zero-order valence-corrected chi connectivity index (χ0v) is 15.0. The number of carbonyl (C=O) groups is 1. The molecule has 0 radical (unpaired) electrons. The molecule has 1 aromatic heterocycles. The van der Waals surface area contributed by atoms with Crippen LogP contribution in [0, 0.1) is 0 Å². The van der Waals surface area contributed by atoms with Crippen molar-refractivity contribution < 1.29 is 4.79 Å². The summed E-state index contributed by atoms with van der Waals surface area (Å²) in [6, 6.07) is 17.0. The van der Waals surface area contributed by atoms with Crippen molar-refractivity contribution in [1.29, 1.82) is 0 Å². The smallest absolute Gasteiger partial charge is 0.250 e. The van der Waals surface area contributed by atoms with Crippen molar-refractivity contribution in [3.8, 4) is 11.4 Å². The number of anilines is 1. The SMILES string of the molecule is C=CCN(C(=O)Cn1nnc(-c2ccccc2Br)n1)c1ccccc1. The van der Waals surface area contributed by atoms with Crippen molar-refractivity contribution in [3.05, 3.63) is 71.7 Å². The van der Waals surface area contributed by atoms with Gasteiger partial charge in [-0.3, -0.25) is 4.79 Å². The predicted octanol–water partition coefficient (Wildman–Crippen LogP) is 3.32. The van der Waals surface area contributed by atoms with E-state index in [0.29, 0.717) is 12.4 Å². The first-order valence-corrected chi connectivity index (χ1v) is 8.47. The Balaban J connectivity index is 1.78. The van der Waals surface area contributed by atoms with Crippen molar-refractivity contribution in [2.75, 3.05) is 11.4 Å². The summed E-state index contributed by atoms with van der Waals surface area (Å²) >= 11 is 3.46. The molecule has 1 heterocycles. The van der Waals surface area contributed by atoms with E-state index in [2.05, 4.69) is 37.9 Å². The van der Waals surface area contributed by atoms with E-state index in [4.69, 9.17) is 0 Å². The average molecular weight is 398 g/mol. The number of tetrazole rings is 1. The van der Waals surface area contributed by atoms with Crippen LogP contribution in [-0.2, 0) is 11.3 Å². The molecule has 0 aliphatic heterocycles. The molecule has 3 aromatic rings. The molecule has 3 rings (SSSR count). The normalized spacial score (nSPS) is 10.4. The highest BCUT2D eigenvalue weighted by Crippen LogP contribution is 2.24. The highest BCUT2D eigenvalue weighted by Gasteiger charge is 2.17. The summed E-state index contributed by atoms with van der Waals surface area (Å²) < 4.78 is 0.874. The second-order valence-electron chi connectivity index (χ2n) is 5.25.